The molecule has 0 saturated carbocycles. The summed E-state index contributed by atoms with van der Waals surface area (Å²) in [6, 6.07) is 0. The van der Waals surface area contributed by atoms with Crippen LogP contribution >= 0.6 is 0 Å². The van der Waals surface area contributed by atoms with E-state index in [-0.39, 0.29) is 13.0 Å². The van der Waals surface area contributed by atoms with Gasteiger partial charge < -0.3 is 10.8 Å². The number of imide groups is 1. The molecule has 0 bridgehead atoms. The Morgan fingerprint density at radius 2 is 2.11 bits per heavy atom. The van der Waals surface area contributed by atoms with Crippen molar-refractivity contribution < 1.29 is 14.7 Å². The molecule has 0 rings (SSSR count). The maximum atomic E-state index is 10.3. The van der Waals surface area contributed by atoms with Gasteiger partial charge in [0.15, 0.2) is 0 Å². The number of amides is 2. The predicted molar refractivity (Wildman–Crippen MR) is 29.8 cm³/mol. The second-order valence-electron chi connectivity index (χ2n) is 1.39. The zero-order valence-electron chi connectivity index (χ0n) is 4.76. The lowest BCUT2D eigenvalue weighted by atomic mass is 10.4. The summed E-state index contributed by atoms with van der Waals surface area (Å²) in [4.78, 5) is 20.0. The number of carbonyl (C=O) groups excluding carboxylic acids is 1. The van der Waals surface area contributed by atoms with Gasteiger partial charge in [-0.3, -0.25) is 10.1 Å². The first-order valence-electron chi connectivity index (χ1n) is 2.39. The fraction of sp³-hybridized carbons (Fsp3) is 0.500. The van der Waals surface area contributed by atoms with Gasteiger partial charge in [0.1, 0.15) is 0 Å². The highest BCUT2D eigenvalue weighted by atomic mass is 16.4. The standard InChI is InChI=1S/C4H8N2O3/c5-2-1-3(7)6-4(8)9/h1-2,5H2,(H,6,7)(H,8,9). The van der Waals surface area contributed by atoms with Gasteiger partial charge in [0.25, 0.3) is 0 Å². The third kappa shape index (κ3) is 4.76. The van der Waals surface area contributed by atoms with Gasteiger partial charge in [0.2, 0.25) is 5.91 Å². The topological polar surface area (TPSA) is 92.4 Å². The Balaban J connectivity index is 3.39. The van der Waals surface area contributed by atoms with Crippen LogP contribution < -0.4 is 11.1 Å². The molecule has 0 aliphatic rings. The van der Waals surface area contributed by atoms with Gasteiger partial charge in [-0.1, -0.05) is 0 Å². The van der Waals surface area contributed by atoms with Gasteiger partial charge in [0.05, 0.1) is 0 Å². The van der Waals surface area contributed by atoms with Crippen LogP contribution in [-0.2, 0) is 4.79 Å². The fourth-order valence-corrected chi connectivity index (χ4v) is 0.313. The molecule has 0 fully saturated rings. The second kappa shape index (κ2) is 3.85. The van der Waals surface area contributed by atoms with E-state index in [1.54, 1.807) is 5.32 Å². The molecule has 0 saturated heterocycles. The number of carbonyl (C=O) groups is 2. The Bertz CT molecular complexity index is 123. The lowest BCUT2D eigenvalue weighted by molar-refractivity contribution is -0.120. The van der Waals surface area contributed by atoms with E-state index in [0.29, 0.717) is 0 Å². The van der Waals surface area contributed by atoms with E-state index in [9.17, 15) is 9.59 Å². The smallest absolute Gasteiger partial charge is 0.411 e. The van der Waals surface area contributed by atoms with Gasteiger partial charge in [-0.25, -0.2) is 4.79 Å². The zero-order chi connectivity index (χ0) is 7.28. The van der Waals surface area contributed by atoms with E-state index >= 15 is 0 Å². The van der Waals surface area contributed by atoms with Crippen molar-refractivity contribution in [3.8, 4) is 0 Å². The Labute approximate surface area is 51.8 Å². The maximum absolute atomic E-state index is 10.3. The molecule has 4 N–H and O–H groups in total. The molecule has 5 heteroatoms. The van der Waals surface area contributed by atoms with Gasteiger partial charge in [-0.2, -0.15) is 0 Å². The zero-order valence-corrected chi connectivity index (χ0v) is 4.76. The van der Waals surface area contributed by atoms with Crippen molar-refractivity contribution in [2.24, 2.45) is 5.73 Å². The van der Waals surface area contributed by atoms with Crippen LogP contribution in [0.1, 0.15) is 6.42 Å². The molecule has 2 amide bonds. The summed E-state index contributed by atoms with van der Waals surface area (Å²) in [7, 11) is 0. The molecule has 0 aliphatic carbocycles. The number of nitrogens with one attached hydrogen (secondary N) is 1. The van der Waals surface area contributed by atoms with E-state index in [1.165, 1.54) is 0 Å². The third-order valence-electron chi connectivity index (χ3n) is 0.618. The Morgan fingerprint density at radius 3 is 2.44 bits per heavy atom. The fourth-order valence-electron chi connectivity index (χ4n) is 0.313. The van der Waals surface area contributed by atoms with E-state index in [4.69, 9.17) is 10.8 Å². The molecule has 0 aromatic rings. The summed E-state index contributed by atoms with van der Waals surface area (Å²) < 4.78 is 0. The summed E-state index contributed by atoms with van der Waals surface area (Å²) in [6.07, 6.45) is -1.29. The normalized spacial score (nSPS) is 8.56. The Morgan fingerprint density at radius 1 is 1.56 bits per heavy atom. The molecule has 0 unspecified atom stereocenters. The summed E-state index contributed by atoms with van der Waals surface area (Å²) >= 11 is 0. The van der Waals surface area contributed by atoms with Crippen LogP contribution in [0, 0.1) is 0 Å². The lowest BCUT2D eigenvalue weighted by Gasteiger charge is -1.94. The highest BCUT2D eigenvalue weighted by molar-refractivity contribution is 5.90. The molecule has 9 heavy (non-hydrogen) atoms. The number of hydrogen-bond acceptors (Lipinski definition) is 3. The predicted octanol–water partition coefficient (Wildman–Crippen LogP) is -0.871. The van der Waals surface area contributed by atoms with Crippen molar-refractivity contribution in [3.05, 3.63) is 0 Å². The van der Waals surface area contributed by atoms with Crippen LogP contribution in [-0.4, -0.2) is 23.7 Å². The number of hydrogen-bond donors (Lipinski definition) is 3. The minimum Gasteiger partial charge on any atom is -0.465 e. The molecular formula is C4H8N2O3. The first-order valence-corrected chi connectivity index (χ1v) is 2.39. The van der Waals surface area contributed by atoms with Crippen LogP contribution in [0.15, 0.2) is 0 Å². The van der Waals surface area contributed by atoms with Crippen LogP contribution in [0.2, 0.25) is 0 Å². The van der Waals surface area contributed by atoms with E-state index < -0.39 is 12.0 Å². The minimum absolute atomic E-state index is 0.0479. The Kier molecular flexibility index (Phi) is 3.38. The van der Waals surface area contributed by atoms with Crippen molar-refractivity contribution in [3.63, 3.8) is 0 Å². The summed E-state index contributed by atoms with van der Waals surface area (Å²) in [5, 5.41) is 9.58. The number of rotatable bonds is 2. The van der Waals surface area contributed by atoms with Crippen molar-refractivity contribution in [1.82, 2.24) is 5.32 Å². The summed E-state index contributed by atoms with van der Waals surface area (Å²) in [5.41, 5.74) is 4.95. The highest BCUT2D eigenvalue weighted by Crippen LogP contribution is 1.72. The number of carboxylic acid groups (broad SMARTS) is 1. The van der Waals surface area contributed by atoms with Crippen LogP contribution in [0.25, 0.3) is 0 Å². The quantitative estimate of drug-likeness (QED) is 0.455. The molecule has 0 spiro atoms. The molecule has 0 aliphatic heterocycles. The first kappa shape index (κ1) is 7.90. The molecule has 0 aromatic carbocycles. The van der Waals surface area contributed by atoms with Gasteiger partial charge in [-0.05, 0) is 0 Å². The maximum Gasteiger partial charge on any atom is 0.411 e. The van der Waals surface area contributed by atoms with Gasteiger partial charge >= 0.3 is 6.09 Å². The molecule has 0 aromatic heterocycles. The van der Waals surface area contributed by atoms with Crippen LogP contribution in [0.3, 0.4) is 0 Å². The minimum atomic E-state index is -1.34. The molecule has 0 radical (unpaired) electrons. The average molecular weight is 132 g/mol. The SMILES string of the molecule is NCCC(=O)NC(=O)O. The highest BCUT2D eigenvalue weighted by Gasteiger charge is 2.01. The Hall–Kier alpha value is -1.10. The summed E-state index contributed by atoms with van der Waals surface area (Å²) in [6.45, 7) is 0.166. The first-order chi connectivity index (χ1) is 4.16. The largest absolute Gasteiger partial charge is 0.465 e. The lowest BCUT2D eigenvalue weighted by Crippen LogP contribution is -2.30. The monoisotopic (exact) mass is 132 g/mol. The van der Waals surface area contributed by atoms with Crippen molar-refractivity contribution in [1.29, 1.82) is 0 Å². The molecular weight excluding hydrogens is 124 g/mol. The van der Waals surface area contributed by atoms with Gasteiger partial charge in [0, 0.05) is 13.0 Å². The molecule has 52 valence electrons. The average Bonchev–Trinajstić information content (AvgIpc) is 1.63. The van der Waals surface area contributed by atoms with E-state index in [2.05, 4.69) is 0 Å². The molecule has 5 nitrogen and oxygen atoms in total. The van der Waals surface area contributed by atoms with Crippen LogP contribution in [0.4, 0.5) is 4.79 Å². The molecule has 0 atom stereocenters. The number of nitrogens with two attached hydrogens (primary N) is 1. The van der Waals surface area contributed by atoms with Crippen molar-refractivity contribution >= 4 is 12.0 Å². The van der Waals surface area contributed by atoms with E-state index in [0.717, 1.165) is 0 Å². The van der Waals surface area contributed by atoms with Crippen molar-refractivity contribution in [2.45, 2.75) is 6.42 Å². The molecule has 0 heterocycles. The third-order valence-corrected chi connectivity index (χ3v) is 0.618. The second-order valence-corrected chi connectivity index (χ2v) is 1.39. The van der Waals surface area contributed by atoms with Crippen LogP contribution in [0.5, 0.6) is 0 Å². The van der Waals surface area contributed by atoms with Crippen molar-refractivity contribution in [2.75, 3.05) is 6.54 Å². The van der Waals surface area contributed by atoms with E-state index in [1.807, 2.05) is 0 Å². The summed E-state index contributed by atoms with van der Waals surface area (Å²) in [5.74, 6) is -0.565. The van der Waals surface area contributed by atoms with Gasteiger partial charge in [-0.15, -0.1) is 0 Å².